The van der Waals surface area contributed by atoms with Gasteiger partial charge in [-0.3, -0.25) is 4.68 Å². The van der Waals surface area contributed by atoms with Crippen LogP contribution >= 0.6 is 0 Å². The van der Waals surface area contributed by atoms with Crippen molar-refractivity contribution >= 4 is 17.0 Å². The van der Waals surface area contributed by atoms with E-state index in [-0.39, 0.29) is 17.5 Å². The molecule has 1 N–H and O–H groups in total. The van der Waals surface area contributed by atoms with E-state index in [2.05, 4.69) is 25.0 Å². The minimum absolute atomic E-state index is 0.0177. The Morgan fingerprint density at radius 3 is 2.83 bits per heavy atom. The van der Waals surface area contributed by atoms with Gasteiger partial charge in [-0.05, 0) is 12.8 Å². The van der Waals surface area contributed by atoms with Gasteiger partial charge >= 0.3 is 6.18 Å². The first-order chi connectivity index (χ1) is 11.4. The van der Waals surface area contributed by atoms with Gasteiger partial charge in [0.2, 0.25) is 5.82 Å². The first-order valence-electron chi connectivity index (χ1n) is 7.47. The van der Waals surface area contributed by atoms with Crippen molar-refractivity contribution in [2.24, 2.45) is 7.05 Å². The first kappa shape index (κ1) is 14.9. The summed E-state index contributed by atoms with van der Waals surface area (Å²) in [6.45, 7) is 0.613. The monoisotopic (exact) mass is 337 g/mol. The molecule has 4 heterocycles. The fourth-order valence-corrected chi connectivity index (χ4v) is 3.13. The van der Waals surface area contributed by atoms with Crippen LogP contribution in [-0.2, 0) is 13.2 Å². The molecule has 3 aromatic rings. The number of imidazole rings is 1. The number of hydrogen-bond acceptors (Lipinski definition) is 5. The van der Waals surface area contributed by atoms with E-state index in [1.807, 2.05) is 18.1 Å². The zero-order valence-electron chi connectivity index (χ0n) is 12.7. The number of H-pyrrole nitrogens is 1. The molecule has 0 radical (unpaired) electrons. The van der Waals surface area contributed by atoms with E-state index in [0.717, 1.165) is 18.4 Å². The summed E-state index contributed by atoms with van der Waals surface area (Å²) in [5, 5.41) is 4.16. The lowest BCUT2D eigenvalue weighted by Gasteiger charge is -2.25. The molecule has 1 aliphatic heterocycles. The molecule has 0 aliphatic carbocycles. The highest BCUT2D eigenvalue weighted by molar-refractivity contribution is 5.83. The third kappa shape index (κ3) is 2.38. The van der Waals surface area contributed by atoms with Crippen LogP contribution in [0.15, 0.2) is 18.7 Å². The number of aryl methyl sites for hydroxylation is 1. The Morgan fingerprint density at radius 1 is 1.29 bits per heavy atom. The molecule has 1 fully saturated rings. The lowest BCUT2D eigenvalue weighted by Crippen LogP contribution is -2.25. The molecule has 4 rings (SSSR count). The van der Waals surface area contributed by atoms with Gasteiger partial charge in [0.15, 0.2) is 11.5 Å². The van der Waals surface area contributed by atoms with Crippen molar-refractivity contribution < 1.29 is 13.2 Å². The highest BCUT2D eigenvalue weighted by Gasteiger charge is 2.38. The van der Waals surface area contributed by atoms with Crippen molar-refractivity contribution in [3.8, 4) is 0 Å². The molecule has 0 spiro atoms. The molecule has 1 unspecified atom stereocenters. The van der Waals surface area contributed by atoms with E-state index in [4.69, 9.17) is 0 Å². The van der Waals surface area contributed by atoms with Crippen LogP contribution in [0.3, 0.4) is 0 Å². The smallest absolute Gasteiger partial charge is 0.348 e. The Balaban J connectivity index is 1.84. The van der Waals surface area contributed by atoms with Crippen LogP contribution in [-0.4, -0.2) is 36.3 Å². The topological polar surface area (TPSA) is 75.5 Å². The maximum Gasteiger partial charge on any atom is 0.451 e. The molecule has 0 aromatic carbocycles. The Hall–Kier alpha value is -2.65. The lowest BCUT2D eigenvalue weighted by molar-refractivity contribution is -0.144. The van der Waals surface area contributed by atoms with Crippen LogP contribution in [0.25, 0.3) is 11.2 Å². The van der Waals surface area contributed by atoms with E-state index >= 15 is 0 Å². The molecule has 0 amide bonds. The van der Waals surface area contributed by atoms with Crippen LogP contribution in [0.5, 0.6) is 0 Å². The van der Waals surface area contributed by atoms with Crippen molar-refractivity contribution in [1.82, 2.24) is 29.7 Å². The van der Waals surface area contributed by atoms with Gasteiger partial charge in [0, 0.05) is 25.4 Å². The third-order valence-electron chi connectivity index (χ3n) is 4.15. The van der Waals surface area contributed by atoms with Crippen molar-refractivity contribution in [2.75, 3.05) is 11.4 Å². The predicted molar refractivity (Wildman–Crippen MR) is 79.2 cm³/mol. The maximum atomic E-state index is 13.1. The number of alkyl halides is 3. The largest absolute Gasteiger partial charge is 0.451 e. The van der Waals surface area contributed by atoms with Gasteiger partial charge in [-0.25, -0.2) is 15.0 Å². The zero-order chi connectivity index (χ0) is 16.9. The number of rotatable bonds is 2. The maximum absolute atomic E-state index is 13.1. The van der Waals surface area contributed by atoms with E-state index < -0.39 is 12.0 Å². The van der Waals surface area contributed by atoms with Crippen LogP contribution < -0.4 is 4.90 Å². The highest BCUT2D eigenvalue weighted by Crippen LogP contribution is 2.38. The number of aromatic nitrogens is 6. The molecular formula is C14H14F3N7. The summed E-state index contributed by atoms with van der Waals surface area (Å²) in [4.78, 5) is 15.9. The highest BCUT2D eigenvalue weighted by atomic mass is 19.4. The van der Waals surface area contributed by atoms with Gasteiger partial charge in [0.05, 0.1) is 18.6 Å². The van der Waals surface area contributed by atoms with E-state index in [1.165, 1.54) is 6.33 Å². The summed E-state index contributed by atoms with van der Waals surface area (Å²) in [6, 6.07) is -0.0683. The number of aromatic amines is 1. The molecule has 0 bridgehead atoms. The number of nitrogens with one attached hydrogen (secondary N) is 1. The first-order valence-corrected chi connectivity index (χ1v) is 7.47. The normalized spacial score (nSPS) is 18.7. The number of hydrogen-bond donors (Lipinski definition) is 1. The fourth-order valence-electron chi connectivity index (χ4n) is 3.13. The van der Waals surface area contributed by atoms with Crippen LogP contribution in [0.2, 0.25) is 0 Å². The SMILES string of the molecule is Cn1cc(C2CCCN2c2nc(C(F)(F)F)nc3nc[nH]c23)cn1. The molecule has 1 aliphatic rings. The zero-order valence-corrected chi connectivity index (χ0v) is 12.7. The molecule has 0 saturated carbocycles. The second kappa shape index (κ2) is 5.18. The minimum atomic E-state index is -4.62. The van der Waals surface area contributed by atoms with Crippen LogP contribution in [0.1, 0.15) is 30.3 Å². The van der Waals surface area contributed by atoms with E-state index in [9.17, 15) is 13.2 Å². The van der Waals surface area contributed by atoms with Gasteiger partial charge in [-0.1, -0.05) is 0 Å². The number of halogens is 3. The second-order valence-corrected chi connectivity index (χ2v) is 5.77. The molecule has 1 saturated heterocycles. The van der Waals surface area contributed by atoms with Gasteiger partial charge in [0.1, 0.15) is 5.52 Å². The molecule has 1 atom stereocenters. The summed E-state index contributed by atoms with van der Waals surface area (Å²) in [5.41, 5.74) is 1.39. The average Bonchev–Trinajstić information content (AvgIpc) is 3.24. The molecular weight excluding hydrogens is 323 g/mol. The van der Waals surface area contributed by atoms with Gasteiger partial charge in [0.25, 0.3) is 0 Å². The van der Waals surface area contributed by atoms with Gasteiger partial charge in [-0.2, -0.15) is 18.3 Å². The van der Waals surface area contributed by atoms with Crippen LogP contribution in [0.4, 0.5) is 19.0 Å². The fraction of sp³-hybridized carbons (Fsp3) is 0.429. The summed E-state index contributed by atoms with van der Waals surface area (Å²) < 4.78 is 41.0. The van der Waals surface area contributed by atoms with Crippen molar-refractivity contribution in [1.29, 1.82) is 0 Å². The third-order valence-corrected chi connectivity index (χ3v) is 4.15. The summed E-state index contributed by atoms with van der Waals surface area (Å²) in [7, 11) is 1.81. The van der Waals surface area contributed by atoms with E-state index in [1.54, 1.807) is 10.9 Å². The molecule has 3 aromatic heterocycles. The number of anilines is 1. The Morgan fingerprint density at radius 2 is 2.12 bits per heavy atom. The minimum Gasteiger partial charge on any atom is -0.348 e. The summed E-state index contributed by atoms with van der Waals surface area (Å²) >= 11 is 0. The molecule has 24 heavy (non-hydrogen) atoms. The van der Waals surface area contributed by atoms with Gasteiger partial charge < -0.3 is 9.88 Å². The second-order valence-electron chi connectivity index (χ2n) is 5.77. The molecule has 7 nitrogen and oxygen atoms in total. The van der Waals surface area contributed by atoms with Crippen LogP contribution in [0, 0.1) is 0 Å². The van der Waals surface area contributed by atoms with Crippen molar-refractivity contribution in [3.63, 3.8) is 0 Å². The lowest BCUT2D eigenvalue weighted by atomic mass is 10.1. The predicted octanol–water partition coefficient (Wildman–Crippen LogP) is 2.45. The molecule has 126 valence electrons. The average molecular weight is 337 g/mol. The van der Waals surface area contributed by atoms with Gasteiger partial charge in [-0.15, -0.1) is 0 Å². The Labute approximate surface area is 134 Å². The standard InChI is InChI=1S/C14H14F3N7/c1-23-6-8(5-20-23)9-3-2-4-24(9)12-10-11(19-7-18-10)21-13(22-12)14(15,16)17/h5-7,9H,2-4H2,1H3,(H,18,19,21,22). The summed E-state index contributed by atoms with van der Waals surface area (Å²) in [5.74, 6) is -0.940. The van der Waals surface area contributed by atoms with Crippen molar-refractivity contribution in [3.05, 3.63) is 30.1 Å². The number of nitrogens with zero attached hydrogens (tertiary/aromatic N) is 6. The number of fused-ring (bicyclic) bond motifs is 1. The Bertz CT molecular complexity index is 882. The van der Waals surface area contributed by atoms with E-state index in [0.29, 0.717) is 12.1 Å². The quantitative estimate of drug-likeness (QED) is 0.777. The van der Waals surface area contributed by atoms with Crippen molar-refractivity contribution in [2.45, 2.75) is 25.1 Å². The summed E-state index contributed by atoms with van der Waals surface area (Å²) in [6.07, 6.45) is 2.01. The molecule has 10 heteroatoms. The Kier molecular flexibility index (Phi) is 3.22.